The van der Waals surface area contributed by atoms with Gasteiger partial charge >= 0.3 is 0 Å². The Kier molecular flexibility index (Phi) is 6.26. The lowest BCUT2D eigenvalue weighted by Gasteiger charge is -2.20. The van der Waals surface area contributed by atoms with Gasteiger partial charge in [-0.05, 0) is 25.0 Å². The fourth-order valence-corrected chi connectivity index (χ4v) is 1.70. The molecule has 5 heteroatoms. The van der Waals surface area contributed by atoms with Gasteiger partial charge < -0.3 is 10.8 Å². The number of benzene rings is 1. The van der Waals surface area contributed by atoms with E-state index in [4.69, 9.17) is 17.3 Å². The minimum atomic E-state index is -0.779. The fraction of sp³-hybridized carbons (Fsp3) is 0.455. The summed E-state index contributed by atoms with van der Waals surface area (Å²) in [6, 6.07) is 2.41. The molecular weight excluding hydrogens is 252 g/mol. The summed E-state index contributed by atoms with van der Waals surface area (Å²) >= 11 is 5.87. The highest BCUT2D eigenvalue weighted by atomic mass is 35.5. The minimum absolute atomic E-state index is 0. The van der Waals surface area contributed by atoms with Crippen molar-refractivity contribution in [2.45, 2.75) is 32.4 Å². The van der Waals surface area contributed by atoms with E-state index in [1.807, 2.05) is 0 Å². The standard InChI is InChI=1S/C11H15ClFNO.ClH/c1-3-8(15)11(14)9-7(12)5-4-6(2)10(9)13;/h4-5,8,11,15H,3,14H2,1-2H3;1H/t8-,11-;/m1./s1. The molecule has 1 aromatic carbocycles. The van der Waals surface area contributed by atoms with E-state index < -0.39 is 18.0 Å². The first-order valence-electron chi connectivity index (χ1n) is 4.87. The molecule has 3 N–H and O–H groups in total. The lowest BCUT2D eigenvalue weighted by Crippen LogP contribution is -2.27. The van der Waals surface area contributed by atoms with E-state index in [9.17, 15) is 9.50 Å². The van der Waals surface area contributed by atoms with E-state index in [-0.39, 0.29) is 23.0 Å². The normalized spacial score (nSPS) is 14.1. The maximum Gasteiger partial charge on any atom is 0.132 e. The molecule has 1 aromatic rings. The third-order valence-electron chi connectivity index (χ3n) is 2.49. The summed E-state index contributed by atoms with van der Waals surface area (Å²) in [6.45, 7) is 3.42. The summed E-state index contributed by atoms with van der Waals surface area (Å²) in [4.78, 5) is 0. The van der Waals surface area contributed by atoms with Crippen molar-refractivity contribution in [3.8, 4) is 0 Å². The zero-order valence-corrected chi connectivity index (χ0v) is 10.8. The Balaban J connectivity index is 0.00000225. The monoisotopic (exact) mass is 267 g/mol. The lowest BCUT2D eigenvalue weighted by molar-refractivity contribution is 0.139. The number of aliphatic hydroxyl groups is 1. The SMILES string of the molecule is CC[C@@H](O)[C@@H](N)c1c(Cl)ccc(C)c1F.Cl. The second kappa shape index (κ2) is 6.40. The average Bonchev–Trinajstić information content (AvgIpc) is 2.22. The molecule has 0 amide bonds. The van der Waals surface area contributed by atoms with Crippen LogP contribution in [0.2, 0.25) is 5.02 Å². The smallest absolute Gasteiger partial charge is 0.132 e. The topological polar surface area (TPSA) is 46.2 Å². The van der Waals surface area contributed by atoms with Crippen LogP contribution in [-0.2, 0) is 0 Å². The zero-order chi connectivity index (χ0) is 11.6. The van der Waals surface area contributed by atoms with Crippen LogP contribution in [0.1, 0.15) is 30.5 Å². The third kappa shape index (κ3) is 3.08. The molecule has 0 unspecified atom stereocenters. The molecule has 1 rings (SSSR count). The molecule has 2 nitrogen and oxygen atoms in total. The fourth-order valence-electron chi connectivity index (χ4n) is 1.43. The van der Waals surface area contributed by atoms with Gasteiger partial charge in [0, 0.05) is 10.6 Å². The van der Waals surface area contributed by atoms with Gasteiger partial charge in [-0.2, -0.15) is 0 Å². The van der Waals surface area contributed by atoms with Gasteiger partial charge in [-0.1, -0.05) is 24.6 Å². The Hall–Kier alpha value is -0.350. The zero-order valence-electron chi connectivity index (χ0n) is 9.21. The van der Waals surface area contributed by atoms with Crippen LogP contribution in [0.25, 0.3) is 0 Å². The Morgan fingerprint density at radius 3 is 2.56 bits per heavy atom. The van der Waals surface area contributed by atoms with Crippen molar-refractivity contribution >= 4 is 24.0 Å². The van der Waals surface area contributed by atoms with Crippen molar-refractivity contribution in [2.24, 2.45) is 5.73 Å². The van der Waals surface area contributed by atoms with E-state index in [2.05, 4.69) is 0 Å². The number of halogens is 3. The predicted octanol–water partition coefficient (Wildman–Crippen LogP) is 2.98. The molecule has 0 radical (unpaired) electrons. The van der Waals surface area contributed by atoms with Gasteiger partial charge in [0.2, 0.25) is 0 Å². The van der Waals surface area contributed by atoms with Crippen molar-refractivity contribution < 1.29 is 9.50 Å². The molecule has 0 spiro atoms. The first kappa shape index (κ1) is 15.7. The Bertz CT molecular complexity index is 360. The molecule has 0 saturated heterocycles. The quantitative estimate of drug-likeness (QED) is 0.885. The maximum absolute atomic E-state index is 13.7. The van der Waals surface area contributed by atoms with Gasteiger partial charge in [0.15, 0.2) is 0 Å². The van der Waals surface area contributed by atoms with E-state index in [0.717, 1.165) is 0 Å². The van der Waals surface area contributed by atoms with Gasteiger partial charge in [0.1, 0.15) is 5.82 Å². The van der Waals surface area contributed by atoms with Crippen molar-refractivity contribution in [2.75, 3.05) is 0 Å². The maximum atomic E-state index is 13.7. The summed E-state index contributed by atoms with van der Waals surface area (Å²) in [5.41, 5.74) is 6.42. The van der Waals surface area contributed by atoms with Crippen LogP contribution in [0.15, 0.2) is 12.1 Å². The summed E-state index contributed by atoms with van der Waals surface area (Å²) in [6.07, 6.45) is -0.316. The minimum Gasteiger partial charge on any atom is -0.391 e. The predicted molar refractivity (Wildman–Crippen MR) is 66.6 cm³/mol. The molecule has 0 aliphatic carbocycles. The molecule has 0 aromatic heterocycles. The van der Waals surface area contributed by atoms with Crippen LogP contribution in [0.5, 0.6) is 0 Å². The number of hydrogen-bond acceptors (Lipinski definition) is 2. The van der Waals surface area contributed by atoms with Crippen molar-refractivity contribution in [3.63, 3.8) is 0 Å². The van der Waals surface area contributed by atoms with Crippen molar-refractivity contribution in [1.82, 2.24) is 0 Å². The van der Waals surface area contributed by atoms with Gasteiger partial charge in [0.25, 0.3) is 0 Å². The van der Waals surface area contributed by atoms with Crippen LogP contribution in [0, 0.1) is 12.7 Å². The molecule has 16 heavy (non-hydrogen) atoms. The second-order valence-corrected chi connectivity index (χ2v) is 4.00. The largest absolute Gasteiger partial charge is 0.391 e. The van der Waals surface area contributed by atoms with Crippen LogP contribution in [-0.4, -0.2) is 11.2 Å². The molecule has 0 heterocycles. The van der Waals surface area contributed by atoms with E-state index in [0.29, 0.717) is 12.0 Å². The summed E-state index contributed by atoms with van der Waals surface area (Å²) in [7, 11) is 0. The second-order valence-electron chi connectivity index (χ2n) is 3.59. The summed E-state index contributed by atoms with van der Waals surface area (Å²) in [5.74, 6) is -0.428. The molecule has 0 fully saturated rings. The molecule has 92 valence electrons. The number of nitrogens with two attached hydrogens (primary N) is 1. The number of rotatable bonds is 3. The van der Waals surface area contributed by atoms with Gasteiger partial charge in [0.05, 0.1) is 12.1 Å². The van der Waals surface area contributed by atoms with Crippen LogP contribution < -0.4 is 5.73 Å². The number of aliphatic hydroxyl groups excluding tert-OH is 1. The average molecular weight is 268 g/mol. The molecule has 0 saturated carbocycles. The molecule has 0 aliphatic heterocycles. The first-order valence-corrected chi connectivity index (χ1v) is 5.25. The molecular formula is C11H16Cl2FNO. The van der Waals surface area contributed by atoms with Crippen molar-refractivity contribution in [1.29, 1.82) is 0 Å². The highest BCUT2D eigenvalue weighted by Gasteiger charge is 2.22. The van der Waals surface area contributed by atoms with E-state index in [1.54, 1.807) is 26.0 Å². The Morgan fingerprint density at radius 1 is 1.50 bits per heavy atom. The lowest BCUT2D eigenvalue weighted by atomic mass is 9.98. The van der Waals surface area contributed by atoms with Gasteiger partial charge in [-0.15, -0.1) is 12.4 Å². The van der Waals surface area contributed by atoms with E-state index in [1.165, 1.54) is 0 Å². The van der Waals surface area contributed by atoms with Crippen LogP contribution in [0.4, 0.5) is 4.39 Å². The first-order chi connectivity index (χ1) is 6.99. The number of hydrogen-bond donors (Lipinski definition) is 2. The van der Waals surface area contributed by atoms with Crippen molar-refractivity contribution in [3.05, 3.63) is 34.1 Å². The van der Waals surface area contributed by atoms with Crippen LogP contribution >= 0.6 is 24.0 Å². The molecule has 0 bridgehead atoms. The van der Waals surface area contributed by atoms with E-state index >= 15 is 0 Å². The highest BCUT2D eigenvalue weighted by molar-refractivity contribution is 6.31. The number of aryl methyl sites for hydroxylation is 1. The molecule has 2 atom stereocenters. The Labute approximate surface area is 106 Å². The van der Waals surface area contributed by atoms with Gasteiger partial charge in [-0.3, -0.25) is 0 Å². The van der Waals surface area contributed by atoms with Crippen LogP contribution in [0.3, 0.4) is 0 Å². The summed E-state index contributed by atoms with van der Waals surface area (Å²) in [5, 5.41) is 9.83. The highest BCUT2D eigenvalue weighted by Crippen LogP contribution is 2.29. The molecule has 0 aliphatic rings. The van der Waals surface area contributed by atoms with Gasteiger partial charge in [-0.25, -0.2) is 4.39 Å². The third-order valence-corrected chi connectivity index (χ3v) is 2.82. The Morgan fingerprint density at radius 2 is 2.06 bits per heavy atom. The summed E-state index contributed by atoms with van der Waals surface area (Å²) < 4.78 is 13.7.